The first-order valence-electron chi connectivity index (χ1n) is 24.0. The van der Waals surface area contributed by atoms with Crippen LogP contribution in [-0.2, 0) is 44.8 Å². The van der Waals surface area contributed by atoms with Gasteiger partial charge in [-0.15, -0.1) is 11.6 Å². The molecule has 23 nitrogen and oxygen atoms in total. The van der Waals surface area contributed by atoms with Crippen molar-refractivity contribution in [1.29, 1.82) is 0 Å². The number of aromatic amines is 1. The topological polar surface area (TPSA) is 358 Å². The van der Waals surface area contributed by atoms with E-state index in [0.29, 0.717) is 50.6 Å². The predicted molar refractivity (Wildman–Crippen MR) is 258 cm³/mol. The molecular weight excluding hydrogens is 932 g/mol. The molecule has 70 heavy (non-hydrogen) atoms. The van der Waals surface area contributed by atoms with Gasteiger partial charge in [-0.05, 0) is 89.2 Å². The lowest BCUT2D eigenvalue weighted by molar-refractivity contribution is -0.146. The normalized spacial score (nSPS) is 18.2. The molecule has 2 aromatic rings. The van der Waals surface area contributed by atoms with Crippen molar-refractivity contribution < 1.29 is 53.1 Å². The van der Waals surface area contributed by atoms with E-state index in [1.165, 1.54) is 4.90 Å². The highest BCUT2D eigenvalue weighted by Crippen LogP contribution is 2.22. The molecule has 0 spiro atoms. The van der Waals surface area contributed by atoms with Gasteiger partial charge in [0.1, 0.15) is 36.1 Å². The molecule has 3 heterocycles. The minimum absolute atomic E-state index is 0.0386. The van der Waals surface area contributed by atoms with Gasteiger partial charge in [0.05, 0.1) is 6.04 Å². The number of hydrogen-bond acceptors (Lipinski definition) is 10. The number of piperidine rings is 1. The second-order valence-corrected chi connectivity index (χ2v) is 18.0. The Morgan fingerprint density at radius 1 is 0.771 bits per heavy atom. The molecule has 24 heteroatoms. The molecule has 2 saturated heterocycles. The number of nitrogens with zero attached hydrogens (tertiary/aromatic N) is 1. The van der Waals surface area contributed by atoms with Crippen molar-refractivity contribution in [3.63, 3.8) is 0 Å². The van der Waals surface area contributed by atoms with Gasteiger partial charge in [-0.1, -0.05) is 31.0 Å². The number of carbonyl (C=O) groups is 10. The Morgan fingerprint density at radius 3 is 2.19 bits per heavy atom. The fourth-order valence-corrected chi connectivity index (χ4v) is 8.70. The number of aromatic nitrogens is 1. The number of nitrogens with two attached hydrogens (primary N) is 2. The van der Waals surface area contributed by atoms with E-state index in [1.54, 1.807) is 12.3 Å². The molecule has 2 aliphatic heterocycles. The summed E-state index contributed by atoms with van der Waals surface area (Å²) in [5.41, 5.74) is 12.4. The van der Waals surface area contributed by atoms with Crippen molar-refractivity contribution in [2.24, 2.45) is 11.5 Å². The molecule has 14 N–H and O–H groups in total. The van der Waals surface area contributed by atoms with Gasteiger partial charge in [0.25, 0.3) is 0 Å². The number of para-hydroxylation sites is 1. The Balaban J connectivity index is 1.43. The highest BCUT2D eigenvalue weighted by Gasteiger charge is 2.38. The summed E-state index contributed by atoms with van der Waals surface area (Å²) in [6.45, 7) is 2.42. The third-order valence-corrected chi connectivity index (χ3v) is 12.7. The van der Waals surface area contributed by atoms with E-state index in [4.69, 9.17) is 23.1 Å². The zero-order chi connectivity index (χ0) is 51.2. The van der Waals surface area contributed by atoms with E-state index < -0.39 is 90.0 Å². The number of amides is 11. The highest BCUT2D eigenvalue weighted by molar-refractivity contribution is 6.27. The molecule has 5 unspecified atom stereocenters. The number of halogens is 1. The molecule has 4 rings (SSSR count). The number of fused-ring (bicyclic) bond motifs is 1. The van der Waals surface area contributed by atoms with Gasteiger partial charge in [-0.2, -0.15) is 0 Å². The Morgan fingerprint density at radius 2 is 1.49 bits per heavy atom. The number of rotatable bonds is 30. The molecule has 2 fully saturated rings. The molecule has 0 saturated carbocycles. The number of carbonyl (C=O) groups excluding carboxylic acids is 9. The van der Waals surface area contributed by atoms with E-state index in [-0.39, 0.29) is 75.6 Å². The van der Waals surface area contributed by atoms with Gasteiger partial charge in [0.2, 0.25) is 41.4 Å². The van der Waals surface area contributed by atoms with E-state index in [2.05, 4.69) is 47.5 Å². The maximum atomic E-state index is 14.5. The number of nitrogens with one attached hydrogen (secondary N) is 9. The van der Waals surface area contributed by atoms with Crippen molar-refractivity contribution in [3.8, 4) is 0 Å². The van der Waals surface area contributed by atoms with Gasteiger partial charge in [-0.25, -0.2) is 9.59 Å². The van der Waals surface area contributed by atoms with Crippen molar-refractivity contribution >= 4 is 81.9 Å². The minimum atomic E-state index is -1.34. The van der Waals surface area contributed by atoms with Crippen LogP contribution in [0.25, 0.3) is 10.9 Å². The maximum absolute atomic E-state index is 14.5. The number of likely N-dealkylation sites (tertiary alicyclic amines) is 1. The van der Waals surface area contributed by atoms with Crippen LogP contribution in [0.3, 0.4) is 0 Å². The lowest BCUT2D eigenvalue weighted by atomic mass is 9.97. The van der Waals surface area contributed by atoms with Crippen LogP contribution in [0.4, 0.5) is 9.59 Å². The van der Waals surface area contributed by atoms with Gasteiger partial charge in [-0.3, -0.25) is 38.4 Å². The van der Waals surface area contributed by atoms with E-state index in [1.807, 2.05) is 25.1 Å². The van der Waals surface area contributed by atoms with Crippen LogP contribution in [0.1, 0.15) is 109 Å². The zero-order valence-corrected chi connectivity index (χ0v) is 40.3. The number of benzene rings is 1. The van der Waals surface area contributed by atoms with Gasteiger partial charge >= 0.3 is 18.0 Å². The van der Waals surface area contributed by atoms with Crippen LogP contribution < -0.4 is 54.0 Å². The van der Waals surface area contributed by atoms with E-state index in [0.717, 1.165) is 30.2 Å². The van der Waals surface area contributed by atoms with E-state index in [9.17, 15) is 53.1 Å². The molecule has 7 atom stereocenters. The summed E-state index contributed by atoms with van der Waals surface area (Å²) >= 11 is 5.68. The summed E-state index contributed by atoms with van der Waals surface area (Å²) < 4.78 is 0. The number of H-pyrrole nitrogens is 1. The van der Waals surface area contributed by atoms with Crippen LogP contribution in [0.2, 0.25) is 0 Å². The van der Waals surface area contributed by atoms with Gasteiger partial charge < -0.3 is 69.0 Å². The maximum Gasteiger partial charge on any atom is 0.315 e. The van der Waals surface area contributed by atoms with Crippen LogP contribution in [0.15, 0.2) is 30.5 Å². The molecule has 0 aliphatic carbocycles. The third kappa shape index (κ3) is 18.3. The molecular formula is C46H69ClN12O11. The highest BCUT2D eigenvalue weighted by atomic mass is 35.5. The fraction of sp³-hybridized carbons (Fsp3) is 0.609. The van der Waals surface area contributed by atoms with Gasteiger partial charge in [0.15, 0.2) is 0 Å². The summed E-state index contributed by atoms with van der Waals surface area (Å²) in [5.74, 6) is -6.27. The number of urea groups is 2. The first-order chi connectivity index (χ1) is 33.5. The molecule has 0 bridgehead atoms. The fourth-order valence-electron chi connectivity index (χ4n) is 8.62. The summed E-state index contributed by atoms with van der Waals surface area (Å²) in [4.78, 5) is 133. The SMILES string of the molecule is C[C@H]1NC(=O)N[C@H]1CCCCCC(=O)NCCCCC(NC(=O)C(CCCNC(N)=O)NC(=O)C(Cc1c[nH]c2ccccc12)NC(=O)C1CCCCN1C(=O)C(CCC(=O)O)NC(=O)CCl)C(N)=O. The summed E-state index contributed by atoms with van der Waals surface area (Å²) in [7, 11) is 0. The average Bonchev–Trinajstić information content (AvgIpc) is 3.89. The first kappa shape index (κ1) is 55.9. The Labute approximate surface area is 411 Å². The summed E-state index contributed by atoms with van der Waals surface area (Å²) in [6.07, 6.45) is 6.76. The second kappa shape index (κ2) is 28.7. The van der Waals surface area contributed by atoms with Crippen molar-refractivity contribution in [3.05, 3.63) is 36.0 Å². The van der Waals surface area contributed by atoms with Crippen molar-refractivity contribution in [2.45, 2.75) is 152 Å². The number of carboxylic acid groups (broad SMARTS) is 1. The smallest absolute Gasteiger partial charge is 0.315 e. The molecule has 2 aliphatic rings. The predicted octanol–water partition coefficient (Wildman–Crippen LogP) is 0.375. The Kier molecular flexibility index (Phi) is 23.0. The van der Waals surface area contributed by atoms with Crippen LogP contribution in [0.5, 0.6) is 0 Å². The molecule has 386 valence electrons. The summed E-state index contributed by atoms with van der Waals surface area (Å²) in [6, 6.07) is 0.226. The van der Waals surface area contributed by atoms with Crippen LogP contribution >= 0.6 is 11.6 Å². The van der Waals surface area contributed by atoms with Crippen LogP contribution in [-0.4, -0.2) is 142 Å². The lowest BCUT2D eigenvalue weighted by Gasteiger charge is -2.37. The number of hydrogen-bond donors (Lipinski definition) is 12. The number of unbranched alkanes of at least 4 members (excludes halogenated alkanes) is 3. The molecule has 1 aromatic carbocycles. The number of primary amides is 2. The molecule has 11 amide bonds. The first-order valence-corrected chi connectivity index (χ1v) is 24.5. The molecule has 1 aromatic heterocycles. The summed E-state index contributed by atoms with van der Waals surface area (Å²) in [5, 5.41) is 31.7. The number of carboxylic acids is 1. The standard InChI is InChI=1S/C46H69ClN12O11/c1-27-30(58-46(70)53-27)13-3-2-4-18-37(60)50-21-9-7-15-32(40(48)64)55-41(65)33(16-11-22-51-45(49)69)56-42(66)35(24-28-26-52-31-14-6-5-12-29(28)31)57-43(67)36-17-8-10-23-59(36)44(68)34(19-20-39(62)63)54-38(61)25-47/h5-6,12,14,26-27,30,32-36,52H,2-4,7-11,13,15-25H2,1H3,(H2,48,64)(H,50,60)(H,54,61)(H,55,65)(H,56,66)(H,57,67)(H,62,63)(H3,49,51,69)(H2,53,58,70)/t27-,30+,32?,33?,34?,35?,36?/m1/s1. The third-order valence-electron chi connectivity index (χ3n) is 12.4. The average molecular weight is 1000 g/mol. The van der Waals surface area contributed by atoms with Gasteiger partial charge in [0, 0.05) is 62.0 Å². The quantitative estimate of drug-likeness (QED) is 0.0375. The Hall–Kier alpha value is -6.65. The van der Waals surface area contributed by atoms with Crippen LogP contribution in [0, 0.1) is 0 Å². The van der Waals surface area contributed by atoms with Crippen molar-refractivity contribution in [1.82, 2.24) is 52.4 Å². The molecule has 0 radical (unpaired) electrons. The monoisotopic (exact) mass is 1000 g/mol. The number of alkyl halides is 1. The van der Waals surface area contributed by atoms with Crippen molar-refractivity contribution in [2.75, 3.05) is 25.5 Å². The lowest BCUT2D eigenvalue weighted by Crippen LogP contribution is -2.61. The minimum Gasteiger partial charge on any atom is -0.481 e. The second-order valence-electron chi connectivity index (χ2n) is 17.8. The number of aliphatic carboxylic acids is 1. The zero-order valence-electron chi connectivity index (χ0n) is 39.6. The van der Waals surface area contributed by atoms with E-state index >= 15 is 0 Å². The largest absolute Gasteiger partial charge is 0.481 e. The Bertz CT molecular complexity index is 2160.